The lowest BCUT2D eigenvalue weighted by molar-refractivity contribution is 0.103. The third-order valence-corrected chi connectivity index (χ3v) is 5.68. The van der Waals surface area contributed by atoms with Gasteiger partial charge in [-0.2, -0.15) is 0 Å². The molecule has 0 radical (unpaired) electrons. The van der Waals surface area contributed by atoms with Gasteiger partial charge in [0.1, 0.15) is 21.2 Å². The molecule has 0 atom stereocenters. The van der Waals surface area contributed by atoms with E-state index >= 15 is 0 Å². The van der Waals surface area contributed by atoms with Crippen LogP contribution in [0.25, 0.3) is 10.2 Å². The highest BCUT2D eigenvalue weighted by atomic mass is 32.1. The minimum atomic E-state index is -0.238. The number of carbonyl (C=O) groups is 1. The summed E-state index contributed by atoms with van der Waals surface area (Å²) < 4.78 is 5.78. The maximum absolute atomic E-state index is 12.8. The quantitative estimate of drug-likeness (QED) is 0.396. The zero-order valence-electron chi connectivity index (χ0n) is 16.9. The summed E-state index contributed by atoms with van der Waals surface area (Å²) in [6.45, 7) is 4.31. The van der Waals surface area contributed by atoms with Crippen LogP contribution in [0.3, 0.4) is 0 Å². The number of nitrogen functional groups attached to an aromatic ring is 1. The van der Waals surface area contributed by atoms with Gasteiger partial charge in [-0.05, 0) is 60.9 Å². The number of nitrogens with one attached hydrogen (secondary N) is 1. The van der Waals surface area contributed by atoms with Crippen molar-refractivity contribution in [2.24, 2.45) is 5.92 Å². The van der Waals surface area contributed by atoms with Gasteiger partial charge in [0.25, 0.3) is 5.91 Å². The molecule has 1 amide bonds. The average Bonchev–Trinajstić information content (AvgIpc) is 3.06. The van der Waals surface area contributed by atoms with Crippen LogP contribution in [0.2, 0.25) is 0 Å². The Labute approximate surface area is 179 Å². The molecule has 4 aromatic rings. The second-order valence-corrected chi connectivity index (χ2v) is 8.49. The van der Waals surface area contributed by atoms with Gasteiger partial charge >= 0.3 is 0 Å². The molecule has 0 fully saturated rings. The van der Waals surface area contributed by atoms with Crippen LogP contribution in [0.4, 0.5) is 11.4 Å². The van der Waals surface area contributed by atoms with Gasteiger partial charge in [0.2, 0.25) is 0 Å². The third-order valence-electron chi connectivity index (χ3n) is 4.57. The predicted molar refractivity (Wildman–Crippen MR) is 123 cm³/mol. The number of aromatic nitrogens is 1. The van der Waals surface area contributed by atoms with Crippen LogP contribution >= 0.6 is 11.3 Å². The largest absolute Gasteiger partial charge is 0.457 e. The van der Waals surface area contributed by atoms with Crippen LogP contribution in [-0.2, 0) is 6.42 Å². The molecular formula is C24H23N3O2S. The van der Waals surface area contributed by atoms with Gasteiger partial charge in [-0.3, -0.25) is 4.79 Å². The monoisotopic (exact) mass is 417 g/mol. The smallest absolute Gasteiger partial charge is 0.267 e. The van der Waals surface area contributed by atoms with E-state index in [1.165, 1.54) is 11.3 Å². The molecule has 2 aromatic carbocycles. The molecule has 0 aliphatic rings. The van der Waals surface area contributed by atoms with Crippen molar-refractivity contribution in [3.63, 3.8) is 0 Å². The number of fused-ring (bicyclic) bond motifs is 1. The van der Waals surface area contributed by atoms with Crippen LogP contribution in [-0.4, -0.2) is 10.9 Å². The molecule has 152 valence electrons. The van der Waals surface area contributed by atoms with E-state index in [-0.39, 0.29) is 5.91 Å². The Morgan fingerprint density at radius 1 is 1.03 bits per heavy atom. The molecule has 3 N–H and O–H groups in total. The van der Waals surface area contributed by atoms with Gasteiger partial charge in [0, 0.05) is 16.8 Å². The molecule has 0 spiro atoms. The number of hydrogen-bond acceptors (Lipinski definition) is 5. The fraction of sp³-hybridized carbons (Fsp3) is 0.167. The topological polar surface area (TPSA) is 77.2 Å². The van der Waals surface area contributed by atoms with Crippen molar-refractivity contribution in [3.8, 4) is 11.5 Å². The second-order valence-electron chi connectivity index (χ2n) is 7.49. The highest BCUT2D eigenvalue weighted by molar-refractivity contribution is 7.21. The SMILES string of the molecule is CC(C)Cc1ccc2c(N)c(C(=O)Nc3ccc(Oc4ccccc4)cc3)sc2n1. The Bertz CT molecular complexity index is 1170. The zero-order valence-corrected chi connectivity index (χ0v) is 17.7. The van der Waals surface area contributed by atoms with Gasteiger partial charge in [0.05, 0.1) is 5.69 Å². The highest BCUT2D eigenvalue weighted by Crippen LogP contribution is 2.33. The van der Waals surface area contributed by atoms with Gasteiger partial charge in [-0.15, -0.1) is 11.3 Å². The number of rotatable bonds is 6. The molecule has 2 aromatic heterocycles. The van der Waals surface area contributed by atoms with Crippen LogP contribution in [0.5, 0.6) is 11.5 Å². The van der Waals surface area contributed by atoms with E-state index in [1.54, 1.807) is 12.1 Å². The number of para-hydroxylation sites is 1. The third kappa shape index (κ3) is 4.44. The first kappa shape index (κ1) is 19.9. The first-order valence-corrected chi connectivity index (χ1v) is 10.6. The highest BCUT2D eigenvalue weighted by Gasteiger charge is 2.18. The lowest BCUT2D eigenvalue weighted by Gasteiger charge is -2.08. The number of nitrogens with zero attached hydrogens (tertiary/aromatic N) is 1. The summed E-state index contributed by atoms with van der Waals surface area (Å²) in [6, 6.07) is 20.7. The molecule has 0 aliphatic heterocycles. The van der Waals surface area contributed by atoms with Crippen molar-refractivity contribution in [1.29, 1.82) is 0 Å². The maximum atomic E-state index is 12.8. The van der Waals surface area contributed by atoms with Crippen LogP contribution in [0.1, 0.15) is 29.2 Å². The van der Waals surface area contributed by atoms with Gasteiger partial charge in [-0.25, -0.2) is 4.98 Å². The molecule has 6 heteroatoms. The second kappa shape index (κ2) is 8.55. The number of amides is 1. The summed E-state index contributed by atoms with van der Waals surface area (Å²) >= 11 is 1.32. The summed E-state index contributed by atoms with van der Waals surface area (Å²) in [5.74, 6) is 1.74. The van der Waals surface area contributed by atoms with Crippen molar-refractivity contribution in [1.82, 2.24) is 4.98 Å². The van der Waals surface area contributed by atoms with Crippen molar-refractivity contribution in [3.05, 3.63) is 77.3 Å². The normalized spacial score (nSPS) is 11.0. The fourth-order valence-electron chi connectivity index (χ4n) is 3.15. The molecule has 0 aliphatic carbocycles. The van der Waals surface area contributed by atoms with E-state index in [1.807, 2.05) is 54.6 Å². The first-order chi connectivity index (χ1) is 14.5. The van der Waals surface area contributed by atoms with Crippen molar-refractivity contribution in [2.75, 3.05) is 11.1 Å². The van der Waals surface area contributed by atoms with E-state index in [9.17, 15) is 4.79 Å². The summed E-state index contributed by atoms with van der Waals surface area (Å²) in [5.41, 5.74) is 8.40. The van der Waals surface area contributed by atoms with E-state index in [4.69, 9.17) is 10.5 Å². The Balaban J connectivity index is 1.49. The predicted octanol–water partition coefficient (Wildman–Crippen LogP) is 6.12. The summed E-state index contributed by atoms with van der Waals surface area (Å²) in [5, 5.41) is 3.73. The minimum absolute atomic E-state index is 0.238. The maximum Gasteiger partial charge on any atom is 0.267 e. The lowest BCUT2D eigenvalue weighted by Crippen LogP contribution is -2.11. The minimum Gasteiger partial charge on any atom is -0.457 e. The van der Waals surface area contributed by atoms with E-state index in [0.29, 0.717) is 27.9 Å². The van der Waals surface area contributed by atoms with E-state index in [2.05, 4.69) is 24.1 Å². The molecule has 4 rings (SSSR count). The molecule has 0 saturated carbocycles. The molecule has 0 unspecified atom stereocenters. The van der Waals surface area contributed by atoms with E-state index < -0.39 is 0 Å². The molecule has 2 heterocycles. The fourth-order valence-corrected chi connectivity index (χ4v) is 4.16. The van der Waals surface area contributed by atoms with E-state index in [0.717, 1.165) is 28.1 Å². The van der Waals surface area contributed by atoms with Crippen molar-refractivity contribution in [2.45, 2.75) is 20.3 Å². The molecule has 30 heavy (non-hydrogen) atoms. The van der Waals surface area contributed by atoms with Crippen molar-refractivity contribution < 1.29 is 9.53 Å². The molecular weight excluding hydrogens is 394 g/mol. The van der Waals surface area contributed by atoms with Crippen molar-refractivity contribution >= 4 is 38.8 Å². The number of thiophene rings is 1. The Hall–Kier alpha value is -3.38. The standard InChI is InChI=1S/C24H23N3O2S/c1-15(2)14-17-10-13-20-21(25)22(30-24(20)27-17)23(28)26-16-8-11-19(12-9-16)29-18-6-4-3-5-7-18/h3-13,15H,14,25H2,1-2H3,(H,26,28). The number of pyridine rings is 1. The number of carbonyl (C=O) groups excluding carboxylic acids is 1. The molecule has 0 bridgehead atoms. The number of nitrogens with two attached hydrogens (primary N) is 1. The van der Waals surface area contributed by atoms with Crippen LogP contribution in [0, 0.1) is 5.92 Å². The Morgan fingerprint density at radius 2 is 1.73 bits per heavy atom. The number of hydrogen-bond donors (Lipinski definition) is 2. The zero-order chi connectivity index (χ0) is 21.1. The average molecular weight is 418 g/mol. The number of anilines is 2. The van der Waals surface area contributed by atoms with Gasteiger partial charge < -0.3 is 15.8 Å². The van der Waals surface area contributed by atoms with Crippen LogP contribution in [0.15, 0.2) is 66.7 Å². The lowest BCUT2D eigenvalue weighted by atomic mass is 10.1. The summed E-state index contributed by atoms with van der Waals surface area (Å²) in [7, 11) is 0. The Kier molecular flexibility index (Phi) is 5.68. The van der Waals surface area contributed by atoms with Crippen LogP contribution < -0.4 is 15.8 Å². The molecule has 0 saturated heterocycles. The van der Waals surface area contributed by atoms with Gasteiger partial charge in [-0.1, -0.05) is 32.0 Å². The number of ether oxygens (including phenoxy) is 1. The summed E-state index contributed by atoms with van der Waals surface area (Å²) in [4.78, 5) is 18.8. The first-order valence-electron chi connectivity index (χ1n) is 9.82. The molecule has 5 nitrogen and oxygen atoms in total. The summed E-state index contributed by atoms with van der Waals surface area (Å²) in [6.07, 6.45) is 0.896. The number of benzene rings is 2. The Morgan fingerprint density at radius 3 is 2.43 bits per heavy atom. The van der Waals surface area contributed by atoms with Gasteiger partial charge in [0.15, 0.2) is 0 Å².